The smallest absolute Gasteiger partial charge is 0.292 e. The fourth-order valence-electron chi connectivity index (χ4n) is 1.78. The number of carbonyl (C=O) groups is 1. The van der Waals surface area contributed by atoms with Crippen LogP contribution in [-0.2, 0) is 12.3 Å². The molecule has 0 atom stereocenters. The number of aryl methyl sites for hydroxylation is 1. The number of carbonyl (C=O) groups excluding carboxylic acids is 1. The highest BCUT2D eigenvalue weighted by atomic mass is 19.3. The van der Waals surface area contributed by atoms with Gasteiger partial charge in [-0.2, -0.15) is 13.9 Å². The number of aromatic nitrogens is 2. The summed E-state index contributed by atoms with van der Waals surface area (Å²) in [5.41, 5.74) is -0.402. The lowest BCUT2D eigenvalue weighted by Gasteiger charge is -2.11. The summed E-state index contributed by atoms with van der Waals surface area (Å²) in [4.78, 5) is 11.8. The van der Waals surface area contributed by atoms with Gasteiger partial charge in [-0.1, -0.05) is 30.3 Å². The molecule has 112 valence electrons. The van der Waals surface area contributed by atoms with Crippen molar-refractivity contribution in [2.45, 2.75) is 25.2 Å². The highest BCUT2D eigenvalue weighted by molar-refractivity contribution is 5.94. The summed E-state index contributed by atoms with van der Waals surface area (Å²) >= 11 is 0. The predicted molar refractivity (Wildman–Crippen MR) is 67.6 cm³/mol. The van der Waals surface area contributed by atoms with Crippen molar-refractivity contribution < 1.29 is 22.4 Å². The molecule has 2 rings (SSSR count). The number of hydrogen-bond acceptors (Lipinski definition) is 2. The van der Waals surface area contributed by atoms with E-state index in [-0.39, 0.29) is 12.1 Å². The van der Waals surface area contributed by atoms with Gasteiger partial charge in [0.05, 0.1) is 0 Å². The molecule has 0 aliphatic carbocycles. The maximum atomic E-state index is 13.1. The molecule has 1 aromatic carbocycles. The quantitative estimate of drug-likeness (QED) is 0.654. The van der Waals surface area contributed by atoms with Crippen LogP contribution in [-0.4, -0.2) is 22.4 Å². The zero-order valence-electron chi connectivity index (χ0n) is 10.8. The molecule has 0 saturated heterocycles. The number of nitrogens with one attached hydrogen (secondary N) is 1. The minimum Gasteiger partial charge on any atom is -0.292 e. The van der Waals surface area contributed by atoms with Gasteiger partial charge >= 0.3 is 12.3 Å². The first-order valence-corrected chi connectivity index (χ1v) is 6.20. The lowest BCUT2D eigenvalue weighted by atomic mass is 10.1. The van der Waals surface area contributed by atoms with Crippen molar-refractivity contribution in [2.75, 3.05) is 0 Å². The normalized spacial score (nSPS) is 11.9. The second-order valence-electron chi connectivity index (χ2n) is 4.50. The zero-order chi connectivity index (χ0) is 15.5. The highest BCUT2D eigenvalue weighted by Gasteiger charge is 2.44. The van der Waals surface area contributed by atoms with Gasteiger partial charge in [-0.3, -0.25) is 9.89 Å². The van der Waals surface area contributed by atoms with E-state index < -0.39 is 23.8 Å². The molecular weight excluding hydrogens is 288 g/mol. The Hall–Kier alpha value is -2.18. The van der Waals surface area contributed by atoms with Gasteiger partial charge in [0.1, 0.15) is 11.4 Å². The van der Waals surface area contributed by atoms with Gasteiger partial charge in [0.25, 0.3) is 0 Å². The molecule has 0 aliphatic rings. The number of benzene rings is 1. The molecule has 1 aromatic heterocycles. The van der Waals surface area contributed by atoms with Crippen molar-refractivity contribution >= 4 is 5.78 Å². The van der Waals surface area contributed by atoms with Crippen LogP contribution in [0.5, 0.6) is 0 Å². The Labute approximate surface area is 118 Å². The largest absolute Gasteiger partial charge is 0.348 e. The molecule has 1 heterocycles. The van der Waals surface area contributed by atoms with Crippen LogP contribution in [0.15, 0.2) is 36.4 Å². The average molecular weight is 300 g/mol. The second kappa shape index (κ2) is 6.07. The molecular formula is C14H12F4N2O. The summed E-state index contributed by atoms with van der Waals surface area (Å²) in [5.74, 6) is -4.82. The summed E-state index contributed by atoms with van der Waals surface area (Å²) in [6.07, 6.45) is -3.37. The summed E-state index contributed by atoms with van der Waals surface area (Å²) in [6.45, 7) is 0. The van der Waals surface area contributed by atoms with Crippen molar-refractivity contribution in [1.82, 2.24) is 10.2 Å². The molecule has 0 amide bonds. The Morgan fingerprint density at radius 3 is 2.52 bits per heavy atom. The van der Waals surface area contributed by atoms with E-state index >= 15 is 0 Å². The molecule has 7 heteroatoms. The van der Waals surface area contributed by atoms with E-state index in [4.69, 9.17) is 0 Å². The number of aromatic amines is 1. The van der Waals surface area contributed by atoms with Gasteiger partial charge in [0.2, 0.25) is 0 Å². The average Bonchev–Trinajstić information content (AvgIpc) is 2.96. The summed E-state index contributed by atoms with van der Waals surface area (Å²) in [7, 11) is 0. The Bertz CT molecular complexity index is 610. The summed E-state index contributed by atoms with van der Waals surface area (Å²) < 4.78 is 50.5. The van der Waals surface area contributed by atoms with Crippen LogP contribution in [0.1, 0.15) is 28.2 Å². The first-order valence-electron chi connectivity index (χ1n) is 6.20. The van der Waals surface area contributed by atoms with E-state index in [2.05, 4.69) is 5.10 Å². The van der Waals surface area contributed by atoms with Crippen LogP contribution in [0.4, 0.5) is 17.6 Å². The maximum Gasteiger partial charge on any atom is 0.348 e. The van der Waals surface area contributed by atoms with E-state index in [0.717, 1.165) is 5.56 Å². The van der Waals surface area contributed by atoms with E-state index in [1.807, 2.05) is 30.3 Å². The predicted octanol–water partition coefficient (Wildman–Crippen LogP) is 3.58. The third-order valence-corrected chi connectivity index (χ3v) is 2.98. The number of alkyl halides is 4. The van der Waals surface area contributed by atoms with Crippen LogP contribution in [0, 0.1) is 0 Å². The summed E-state index contributed by atoms with van der Waals surface area (Å²) in [6, 6.07) is 9.80. The van der Waals surface area contributed by atoms with Gasteiger partial charge in [0.15, 0.2) is 5.78 Å². The minimum absolute atomic E-state index is 0.0640. The van der Waals surface area contributed by atoms with E-state index in [9.17, 15) is 22.4 Å². The van der Waals surface area contributed by atoms with Crippen LogP contribution < -0.4 is 0 Å². The van der Waals surface area contributed by atoms with Crippen LogP contribution in [0.3, 0.4) is 0 Å². The molecule has 0 unspecified atom stereocenters. The van der Waals surface area contributed by atoms with Crippen molar-refractivity contribution in [3.05, 3.63) is 53.3 Å². The number of rotatable bonds is 6. The molecule has 0 saturated carbocycles. The van der Waals surface area contributed by atoms with Crippen molar-refractivity contribution in [1.29, 1.82) is 0 Å². The SMILES string of the molecule is O=C(CCc1ccccc1)c1cc(C(F)(F)C(F)F)[nH]n1. The zero-order valence-corrected chi connectivity index (χ0v) is 10.8. The van der Waals surface area contributed by atoms with Gasteiger partial charge in [-0.05, 0) is 18.1 Å². The molecule has 0 spiro atoms. The second-order valence-corrected chi connectivity index (χ2v) is 4.50. The number of Topliss-reactive ketones (excluding diaryl/α,β-unsaturated/α-hetero) is 1. The summed E-state index contributed by atoms with van der Waals surface area (Å²) in [5, 5.41) is 5.19. The van der Waals surface area contributed by atoms with Crippen LogP contribution in [0.25, 0.3) is 0 Å². The number of ketones is 1. The van der Waals surface area contributed by atoms with Gasteiger partial charge in [-0.25, -0.2) is 8.78 Å². The molecule has 21 heavy (non-hydrogen) atoms. The topological polar surface area (TPSA) is 45.8 Å². The van der Waals surface area contributed by atoms with Gasteiger partial charge < -0.3 is 0 Å². The van der Waals surface area contributed by atoms with E-state index in [1.54, 1.807) is 5.10 Å². The maximum absolute atomic E-state index is 13.1. The Morgan fingerprint density at radius 2 is 1.90 bits per heavy atom. The Kier molecular flexibility index (Phi) is 4.40. The number of H-pyrrole nitrogens is 1. The molecule has 0 fully saturated rings. The van der Waals surface area contributed by atoms with Crippen molar-refractivity contribution in [3.63, 3.8) is 0 Å². The fraction of sp³-hybridized carbons (Fsp3) is 0.286. The Balaban J connectivity index is 2.03. The standard InChI is InChI=1S/C14H12F4N2O/c15-13(16)14(17,18)12-8-10(19-20-12)11(21)7-6-9-4-2-1-3-5-9/h1-5,8,13H,6-7H2,(H,19,20). The van der Waals surface area contributed by atoms with E-state index in [1.165, 1.54) is 0 Å². The van der Waals surface area contributed by atoms with E-state index in [0.29, 0.717) is 12.5 Å². The molecule has 0 bridgehead atoms. The number of nitrogens with zero attached hydrogens (tertiary/aromatic N) is 1. The van der Waals surface area contributed by atoms with Gasteiger partial charge in [-0.15, -0.1) is 0 Å². The Morgan fingerprint density at radius 1 is 1.24 bits per heavy atom. The molecule has 3 nitrogen and oxygen atoms in total. The van der Waals surface area contributed by atoms with Gasteiger partial charge in [0, 0.05) is 6.42 Å². The molecule has 2 aromatic rings. The highest BCUT2D eigenvalue weighted by Crippen LogP contribution is 2.33. The van der Waals surface area contributed by atoms with Crippen molar-refractivity contribution in [2.24, 2.45) is 0 Å². The van der Waals surface area contributed by atoms with Crippen LogP contribution in [0.2, 0.25) is 0 Å². The first kappa shape index (κ1) is 15.2. The third-order valence-electron chi connectivity index (χ3n) is 2.98. The molecule has 1 N–H and O–H groups in total. The number of hydrogen-bond donors (Lipinski definition) is 1. The minimum atomic E-state index is -4.34. The number of halogens is 4. The fourth-order valence-corrected chi connectivity index (χ4v) is 1.78. The molecule has 0 aliphatic heterocycles. The lowest BCUT2D eigenvalue weighted by molar-refractivity contribution is -0.138. The lowest BCUT2D eigenvalue weighted by Crippen LogP contribution is -2.23. The van der Waals surface area contributed by atoms with Crippen LogP contribution >= 0.6 is 0 Å². The molecule has 0 radical (unpaired) electrons. The third kappa shape index (κ3) is 3.48. The monoisotopic (exact) mass is 300 g/mol. The van der Waals surface area contributed by atoms with Crippen molar-refractivity contribution in [3.8, 4) is 0 Å². The first-order chi connectivity index (χ1) is 9.91.